The third kappa shape index (κ3) is 5.35. The van der Waals surface area contributed by atoms with Crippen molar-refractivity contribution in [2.75, 3.05) is 5.75 Å². The number of unbranched alkanes of at least 4 members (excludes halogenated alkanes) is 2. The lowest BCUT2D eigenvalue weighted by Crippen LogP contribution is -2.46. The van der Waals surface area contributed by atoms with Crippen LogP contribution in [-0.4, -0.2) is 28.7 Å². The molecule has 0 aromatic heterocycles. The maximum absolute atomic E-state index is 12.0. The van der Waals surface area contributed by atoms with Crippen molar-refractivity contribution in [3.63, 3.8) is 0 Å². The number of esters is 1. The predicted molar refractivity (Wildman–Crippen MR) is 82.4 cm³/mol. The van der Waals surface area contributed by atoms with E-state index in [-0.39, 0.29) is 23.0 Å². The molecule has 3 nitrogen and oxygen atoms in total. The van der Waals surface area contributed by atoms with Gasteiger partial charge >= 0.3 is 5.97 Å². The molecule has 1 N–H and O–H groups in total. The van der Waals surface area contributed by atoms with E-state index >= 15 is 0 Å². The van der Waals surface area contributed by atoms with Crippen molar-refractivity contribution in [2.24, 2.45) is 0 Å². The fraction of sp³-hybridized carbons (Fsp3) is 0.933. The van der Waals surface area contributed by atoms with E-state index in [1.807, 2.05) is 25.6 Å². The normalized spacial score (nSPS) is 21.8. The van der Waals surface area contributed by atoms with Crippen LogP contribution in [0.4, 0.5) is 0 Å². The lowest BCUT2D eigenvalue weighted by molar-refractivity contribution is -0.149. The summed E-state index contributed by atoms with van der Waals surface area (Å²) in [5, 5.41) is 3.57. The molecule has 1 rings (SSSR count). The minimum Gasteiger partial charge on any atom is -0.462 e. The Morgan fingerprint density at radius 3 is 2.37 bits per heavy atom. The van der Waals surface area contributed by atoms with Gasteiger partial charge in [0, 0.05) is 5.75 Å². The molecule has 1 fully saturated rings. The van der Waals surface area contributed by atoms with E-state index in [1.54, 1.807) is 0 Å². The Hall–Kier alpha value is -0.220. The summed E-state index contributed by atoms with van der Waals surface area (Å²) >= 11 is 1.92. The number of nitrogens with one attached hydrogen (secondary N) is 1. The second-order valence-electron chi connectivity index (χ2n) is 5.69. The van der Waals surface area contributed by atoms with Crippen LogP contribution in [0.15, 0.2) is 0 Å². The van der Waals surface area contributed by atoms with E-state index in [9.17, 15) is 4.79 Å². The van der Waals surface area contributed by atoms with Gasteiger partial charge in [-0.25, -0.2) is 0 Å². The molecule has 0 unspecified atom stereocenters. The van der Waals surface area contributed by atoms with Crippen LogP contribution in [0.5, 0.6) is 0 Å². The number of thioether (sulfide) groups is 1. The molecule has 0 aliphatic carbocycles. The molecule has 0 amide bonds. The topological polar surface area (TPSA) is 38.3 Å². The molecule has 1 aliphatic rings. The summed E-state index contributed by atoms with van der Waals surface area (Å²) in [6.45, 7) is 8.25. The molecule has 0 spiro atoms. The average Bonchev–Trinajstić information content (AvgIpc) is 2.78. The van der Waals surface area contributed by atoms with Crippen molar-refractivity contribution < 1.29 is 9.53 Å². The van der Waals surface area contributed by atoms with Crippen molar-refractivity contribution >= 4 is 17.7 Å². The van der Waals surface area contributed by atoms with E-state index in [2.05, 4.69) is 19.2 Å². The van der Waals surface area contributed by atoms with Crippen molar-refractivity contribution in [1.82, 2.24) is 5.32 Å². The van der Waals surface area contributed by atoms with E-state index < -0.39 is 0 Å². The molecule has 1 heterocycles. The monoisotopic (exact) mass is 287 g/mol. The zero-order valence-electron chi connectivity index (χ0n) is 12.8. The van der Waals surface area contributed by atoms with Gasteiger partial charge in [-0.05, 0) is 26.7 Å². The van der Waals surface area contributed by atoms with Crippen LogP contribution >= 0.6 is 11.8 Å². The average molecular weight is 287 g/mol. The molecule has 4 heteroatoms. The van der Waals surface area contributed by atoms with Crippen molar-refractivity contribution in [3.8, 4) is 0 Å². The summed E-state index contributed by atoms with van der Waals surface area (Å²) in [6.07, 6.45) is 7.12. The molecule has 19 heavy (non-hydrogen) atoms. The highest BCUT2D eigenvalue weighted by Gasteiger charge is 2.41. The first-order chi connectivity index (χ1) is 9.03. The maximum atomic E-state index is 12.0. The van der Waals surface area contributed by atoms with Gasteiger partial charge in [-0.2, -0.15) is 0 Å². The van der Waals surface area contributed by atoms with Crippen LogP contribution in [0, 0.1) is 0 Å². The minimum absolute atomic E-state index is 0.0272. The lowest BCUT2D eigenvalue weighted by atomic mass is 10.0. The summed E-state index contributed by atoms with van der Waals surface area (Å²) in [5.74, 6) is 0.760. The first-order valence-corrected chi connectivity index (χ1v) is 8.63. The number of rotatable bonds is 8. The molecular weight excluding hydrogens is 258 g/mol. The first kappa shape index (κ1) is 16.8. The molecule has 0 bridgehead atoms. The third-order valence-electron chi connectivity index (χ3n) is 3.47. The van der Waals surface area contributed by atoms with Crippen LogP contribution < -0.4 is 5.32 Å². The quantitative estimate of drug-likeness (QED) is 0.691. The van der Waals surface area contributed by atoms with E-state index in [0.29, 0.717) is 0 Å². The highest BCUT2D eigenvalue weighted by atomic mass is 32.2. The van der Waals surface area contributed by atoms with Crippen LogP contribution in [0.25, 0.3) is 0 Å². The van der Waals surface area contributed by atoms with E-state index in [4.69, 9.17) is 4.74 Å². The van der Waals surface area contributed by atoms with E-state index in [1.165, 1.54) is 25.7 Å². The summed E-state index contributed by atoms with van der Waals surface area (Å²) in [6, 6.07) is -0.124. The summed E-state index contributed by atoms with van der Waals surface area (Å²) in [7, 11) is 0. The maximum Gasteiger partial charge on any atom is 0.324 e. The highest BCUT2D eigenvalue weighted by Crippen LogP contribution is 2.39. The number of hydrogen-bond acceptors (Lipinski definition) is 4. The zero-order valence-corrected chi connectivity index (χ0v) is 13.6. The summed E-state index contributed by atoms with van der Waals surface area (Å²) < 4.78 is 5.32. The molecule has 0 radical (unpaired) electrons. The van der Waals surface area contributed by atoms with Crippen molar-refractivity contribution in [2.45, 2.75) is 83.2 Å². The number of carbonyl (C=O) groups excluding carboxylic acids is 1. The molecule has 0 aromatic carbocycles. The van der Waals surface area contributed by atoms with Gasteiger partial charge in [-0.15, -0.1) is 11.8 Å². The van der Waals surface area contributed by atoms with E-state index in [0.717, 1.165) is 18.6 Å². The molecule has 0 aromatic rings. The largest absolute Gasteiger partial charge is 0.462 e. The summed E-state index contributed by atoms with van der Waals surface area (Å²) in [4.78, 5) is 12.1. The van der Waals surface area contributed by atoms with Crippen LogP contribution in [0.2, 0.25) is 0 Å². The highest BCUT2D eigenvalue weighted by molar-refractivity contribution is 8.00. The van der Waals surface area contributed by atoms with Gasteiger partial charge in [0.15, 0.2) is 0 Å². The third-order valence-corrected chi connectivity index (χ3v) is 5.05. The van der Waals surface area contributed by atoms with Crippen LogP contribution in [-0.2, 0) is 9.53 Å². The Morgan fingerprint density at radius 1 is 1.32 bits per heavy atom. The molecule has 1 saturated heterocycles. The first-order valence-electron chi connectivity index (χ1n) is 7.65. The van der Waals surface area contributed by atoms with Gasteiger partial charge in [-0.3, -0.25) is 10.1 Å². The molecule has 1 aliphatic heterocycles. The molecule has 1 atom stereocenters. The van der Waals surface area contributed by atoms with Gasteiger partial charge in [-0.1, -0.05) is 39.5 Å². The fourth-order valence-electron chi connectivity index (χ4n) is 2.42. The van der Waals surface area contributed by atoms with Crippen LogP contribution in [0.1, 0.15) is 66.2 Å². The Morgan fingerprint density at radius 2 is 1.89 bits per heavy atom. The molecule has 0 saturated carbocycles. The second-order valence-corrected chi connectivity index (χ2v) is 7.10. The Balaban J connectivity index is 2.57. The molecule has 112 valence electrons. The molecular formula is C15H29NO2S. The summed E-state index contributed by atoms with van der Waals surface area (Å²) in [5.41, 5.74) is 0. The van der Waals surface area contributed by atoms with Gasteiger partial charge in [0.2, 0.25) is 0 Å². The fourth-order valence-corrected chi connectivity index (χ4v) is 3.93. The zero-order chi connectivity index (χ0) is 14.3. The smallest absolute Gasteiger partial charge is 0.324 e. The second kappa shape index (κ2) is 8.15. The lowest BCUT2D eigenvalue weighted by Gasteiger charge is -2.29. The standard InChI is InChI=1S/C15H29NO2S/c1-5-7-9-15(10-8-6-2)16-13(11-19-15)14(17)18-12(3)4/h12-13,16H,5-11H2,1-4H3/t13-/m0/s1. The Kier molecular flexibility index (Phi) is 7.22. The number of carbonyl (C=O) groups is 1. The SMILES string of the molecule is CCCCC1(CCCC)N[C@H](C(=O)OC(C)C)CS1. The number of hydrogen-bond donors (Lipinski definition) is 1. The number of ether oxygens (including phenoxy) is 1. The van der Waals surface area contributed by atoms with Gasteiger partial charge in [0.05, 0.1) is 11.0 Å². The van der Waals surface area contributed by atoms with Gasteiger partial charge in [0.25, 0.3) is 0 Å². The van der Waals surface area contributed by atoms with Crippen molar-refractivity contribution in [1.29, 1.82) is 0 Å². The predicted octanol–water partition coefficient (Wildman–Crippen LogP) is 3.72. The minimum atomic E-state index is -0.124. The van der Waals surface area contributed by atoms with Crippen molar-refractivity contribution in [3.05, 3.63) is 0 Å². The van der Waals surface area contributed by atoms with Gasteiger partial charge in [0.1, 0.15) is 6.04 Å². The Labute approximate surface area is 122 Å². The Bertz CT molecular complexity index is 273. The van der Waals surface area contributed by atoms with Gasteiger partial charge < -0.3 is 4.74 Å². The van der Waals surface area contributed by atoms with Crippen LogP contribution in [0.3, 0.4) is 0 Å².